The van der Waals surface area contributed by atoms with Gasteiger partial charge in [-0.3, -0.25) is 4.79 Å². The van der Waals surface area contributed by atoms with Crippen LogP contribution < -0.4 is 10.6 Å². The first-order valence-electron chi connectivity index (χ1n) is 7.45. The van der Waals surface area contributed by atoms with E-state index in [4.69, 9.17) is 4.74 Å². The first kappa shape index (κ1) is 15.7. The van der Waals surface area contributed by atoms with Crippen LogP contribution in [-0.4, -0.2) is 42.2 Å². The second kappa shape index (κ2) is 6.85. The first-order chi connectivity index (χ1) is 10.1. The number of methoxy groups -OCH3 is 1. The zero-order valence-electron chi connectivity index (χ0n) is 13.1. The summed E-state index contributed by atoms with van der Waals surface area (Å²) in [6, 6.07) is 0.0599. The van der Waals surface area contributed by atoms with Crippen molar-refractivity contribution in [1.29, 1.82) is 0 Å². The molecule has 2 atom stereocenters. The topological polar surface area (TPSA) is 76.1 Å². The molecule has 0 radical (unpaired) electrons. The number of ether oxygens (including phenoxy) is 1. The number of anilines is 1. The van der Waals surface area contributed by atoms with E-state index < -0.39 is 0 Å². The molecule has 1 heterocycles. The average molecular weight is 292 g/mol. The van der Waals surface area contributed by atoms with Crippen molar-refractivity contribution < 1.29 is 9.53 Å². The number of amides is 1. The molecule has 2 rings (SSSR count). The van der Waals surface area contributed by atoms with Crippen LogP contribution in [0.2, 0.25) is 0 Å². The molecule has 6 nitrogen and oxygen atoms in total. The predicted molar refractivity (Wildman–Crippen MR) is 81.6 cm³/mol. The Hall–Kier alpha value is -1.69. The molecule has 0 bridgehead atoms. The lowest BCUT2D eigenvalue weighted by Crippen LogP contribution is -2.41. The summed E-state index contributed by atoms with van der Waals surface area (Å²) in [6.07, 6.45) is 4.77. The zero-order chi connectivity index (χ0) is 15.4. The summed E-state index contributed by atoms with van der Waals surface area (Å²) < 4.78 is 5.42. The summed E-state index contributed by atoms with van der Waals surface area (Å²) >= 11 is 0. The van der Waals surface area contributed by atoms with E-state index in [1.807, 2.05) is 13.8 Å². The fraction of sp³-hybridized carbons (Fsp3) is 0.667. The van der Waals surface area contributed by atoms with E-state index in [-0.39, 0.29) is 24.0 Å². The maximum atomic E-state index is 12.5. The third kappa shape index (κ3) is 3.50. The number of carbonyl (C=O) groups excluding carboxylic acids is 1. The van der Waals surface area contributed by atoms with Gasteiger partial charge in [-0.15, -0.1) is 0 Å². The molecule has 0 aliphatic heterocycles. The van der Waals surface area contributed by atoms with Crippen LogP contribution >= 0.6 is 0 Å². The van der Waals surface area contributed by atoms with Gasteiger partial charge in [0.25, 0.3) is 5.91 Å². The molecule has 0 aromatic carbocycles. The van der Waals surface area contributed by atoms with Crippen LogP contribution in [0.1, 0.15) is 55.3 Å². The van der Waals surface area contributed by atoms with Gasteiger partial charge in [-0.25, -0.2) is 9.97 Å². The maximum Gasteiger partial charge on any atom is 0.272 e. The molecular weight excluding hydrogens is 268 g/mol. The molecular formula is C15H24N4O2. The Bertz CT molecular complexity index is 504. The Labute approximate surface area is 125 Å². The highest BCUT2D eigenvalue weighted by molar-refractivity contribution is 5.97. The Morgan fingerprint density at radius 3 is 2.81 bits per heavy atom. The summed E-state index contributed by atoms with van der Waals surface area (Å²) in [5.74, 6) is 0.687. The van der Waals surface area contributed by atoms with Gasteiger partial charge in [-0.1, -0.05) is 13.8 Å². The first-order valence-corrected chi connectivity index (χ1v) is 7.45. The fourth-order valence-electron chi connectivity index (χ4n) is 2.64. The van der Waals surface area contributed by atoms with Crippen molar-refractivity contribution in [1.82, 2.24) is 15.3 Å². The zero-order valence-corrected chi connectivity index (χ0v) is 13.1. The fourth-order valence-corrected chi connectivity index (χ4v) is 2.64. The molecule has 1 amide bonds. The normalized spacial score (nSPS) is 21.6. The van der Waals surface area contributed by atoms with Gasteiger partial charge in [0.15, 0.2) is 5.69 Å². The minimum Gasteiger partial charge on any atom is -0.385 e. The van der Waals surface area contributed by atoms with Crippen LogP contribution in [-0.2, 0) is 4.74 Å². The number of rotatable bonds is 5. The summed E-state index contributed by atoms with van der Waals surface area (Å²) in [5, 5.41) is 6.02. The molecule has 1 aromatic rings. The lowest BCUT2D eigenvalue weighted by atomic mass is 10.2. The average Bonchev–Trinajstić information content (AvgIpc) is 2.93. The van der Waals surface area contributed by atoms with Crippen molar-refractivity contribution in [3.63, 3.8) is 0 Å². The van der Waals surface area contributed by atoms with E-state index in [0.29, 0.717) is 17.2 Å². The summed E-state index contributed by atoms with van der Waals surface area (Å²) in [6.45, 7) is 4.02. The van der Waals surface area contributed by atoms with Crippen molar-refractivity contribution >= 4 is 11.6 Å². The molecule has 1 aliphatic rings. The summed E-state index contributed by atoms with van der Waals surface area (Å²) in [4.78, 5) is 21.2. The minimum absolute atomic E-state index is 0.0599. The third-order valence-corrected chi connectivity index (χ3v) is 3.88. The van der Waals surface area contributed by atoms with E-state index in [9.17, 15) is 4.79 Å². The smallest absolute Gasteiger partial charge is 0.272 e. The molecule has 116 valence electrons. The number of aromatic nitrogens is 2. The van der Waals surface area contributed by atoms with E-state index in [1.165, 1.54) is 0 Å². The van der Waals surface area contributed by atoms with Gasteiger partial charge >= 0.3 is 0 Å². The highest BCUT2D eigenvalue weighted by Crippen LogP contribution is 2.23. The van der Waals surface area contributed by atoms with Crippen LogP contribution in [0.15, 0.2) is 6.20 Å². The largest absolute Gasteiger partial charge is 0.385 e. The van der Waals surface area contributed by atoms with Crippen LogP contribution in [0.3, 0.4) is 0 Å². The Morgan fingerprint density at radius 1 is 1.43 bits per heavy atom. The van der Waals surface area contributed by atoms with Crippen LogP contribution in [0.25, 0.3) is 0 Å². The van der Waals surface area contributed by atoms with E-state index >= 15 is 0 Å². The quantitative estimate of drug-likeness (QED) is 0.867. The van der Waals surface area contributed by atoms with Gasteiger partial charge in [0.2, 0.25) is 0 Å². The highest BCUT2D eigenvalue weighted by atomic mass is 16.5. The molecule has 1 saturated carbocycles. The van der Waals surface area contributed by atoms with Gasteiger partial charge in [0, 0.05) is 20.1 Å². The molecule has 1 aromatic heterocycles. The molecule has 2 N–H and O–H groups in total. The molecule has 0 spiro atoms. The van der Waals surface area contributed by atoms with Crippen LogP contribution in [0.5, 0.6) is 0 Å². The van der Waals surface area contributed by atoms with Gasteiger partial charge < -0.3 is 15.4 Å². The Morgan fingerprint density at radius 2 is 2.19 bits per heavy atom. The second-order valence-corrected chi connectivity index (χ2v) is 5.68. The van der Waals surface area contributed by atoms with E-state index in [0.717, 1.165) is 19.3 Å². The van der Waals surface area contributed by atoms with Crippen molar-refractivity contribution in [2.45, 2.75) is 51.2 Å². The van der Waals surface area contributed by atoms with Gasteiger partial charge in [-0.2, -0.15) is 0 Å². The SMILES string of the molecule is CNc1cnc(C(C)C)nc1C(=O)NC1CCCC1OC. The minimum atomic E-state index is -0.169. The predicted octanol–water partition coefficient (Wildman–Crippen LogP) is 1.94. The molecule has 1 fully saturated rings. The third-order valence-electron chi connectivity index (χ3n) is 3.88. The number of hydrogen-bond acceptors (Lipinski definition) is 5. The summed E-state index contributed by atoms with van der Waals surface area (Å²) in [5.41, 5.74) is 1.04. The maximum absolute atomic E-state index is 12.5. The van der Waals surface area contributed by atoms with Crippen LogP contribution in [0, 0.1) is 0 Å². The standard InChI is InChI=1S/C15H24N4O2/c1-9(2)14-17-8-11(16-3)13(19-14)15(20)18-10-6-5-7-12(10)21-4/h8-10,12,16H,5-7H2,1-4H3,(H,18,20). The van der Waals surface area contributed by atoms with Crippen molar-refractivity contribution in [3.8, 4) is 0 Å². The van der Waals surface area contributed by atoms with E-state index in [1.54, 1.807) is 20.4 Å². The second-order valence-electron chi connectivity index (χ2n) is 5.68. The number of nitrogens with zero attached hydrogens (tertiary/aromatic N) is 2. The van der Waals surface area contributed by atoms with E-state index in [2.05, 4.69) is 20.6 Å². The number of hydrogen-bond donors (Lipinski definition) is 2. The summed E-state index contributed by atoms with van der Waals surface area (Å²) in [7, 11) is 3.45. The lowest BCUT2D eigenvalue weighted by molar-refractivity contribution is 0.0719. The van der Waals surface area contributed by atoms with Crippen LogP contribution in [0.4, 0.5) is 5.69 Å². The molecule has 21 heavy (non-hydrogen) atoms. The van der Waals surface area contributed by atoms with Crippen molar-refractivity contribution in [2.75, 3.05) is 19.5 Å². The Balaban J connectivity index is 2.19. The monoisotopic (exact) mass is 292 g/mol. The van der Waals surface area contributed by atoms with Gasteiger partial charge in [-0.05, 0) is 19.3 Å². The number of nitrogens with one attached hydrogen (secondary N) is 2. The van der Waals surface area contributed by atoms with Crippen molar-refractivity contribution in [2.24, 2.45) is 0 Å². The lowest BCUT2D eigenvalue weighted by Gasteiger charge is -2.20. The van der Waals surface area contributed by atoms with Gasteiger partial charge in [0.05, 0.1) is 24.0 Å². The molecule has 6 heteroatoms. The molecule has 0 saturated heterocycles. The van der Waals surface area contributed by atoms with Crippen molar-refractivity contribution in [3.05, 3.63) is 17.7 Å². The van der Waals surface area contributed by atoms with Gasteiger partial charge in [0.1, 0.15) is 5.82 Å². The Kier molecular flexibility index (Phi) is 5.12. The molecule has 1 aliphatic carbocycles. The molecule has 2 unspecified atom stereocenters. The number of carbonyl (C=O) groups is 1. The highest BCUT2D eigenvalue weighted by Gasteiger charge is 2.29.